The second-order valence-corrected chi connectivity index (χ2v) is 5.57. The molecular weight excluding hydrogens is 302 g/mol. The highest BCUT2D eigenvalue weighted by molar-refractivity contribution is 5.79. The Morgan fingerprint density at radius 3 is 2.42 bits per heavy atom. The van der Waals surface area contributed by atoms with Crippen LogP contribution in [0, 0.1) is 0 Å². The summed E-state index contributed by atoms with van der Waals surface area (Å²) in [5.41, 5.74) is 1.29. The van der Waals surface area contributed by atoms with Crippen LogP contribution in [-0.4, -0.2) is 45.9 Å². The molecule has 0 fully saturated rings. The van der Waals surface area contributed by atoms with Crippen LogP contribution in [0.25, 0.3) is 0 Å². The molecule has 0 aliphatic carbocycles. The van der Waals surface area contributed by atoms with Gasteiger partial charge in [-0.05, 0) is 43.9 Å². The number of hydrogen-bond acceptors (Lipinski definition) is 3. The Labute approximate surface area is 146 Å². The van der Waals surface area contributed by atoms with Gasteiger partial charge < -0.3 is 20.1 Å². The van der Waals surface area contributed by atoms with Crippen LogP contribution in [0.5, 0.6) is 5.75 Å². The Morgan fingerprint density at radius 1 is 1.00 bits per heavy atom. The van der Waals surface area contributed by atoms with Crippen LogP contribution in [0.2, 0.25) is 0 Å². The second-order valence-electron chi connectivity index (χ2n) is 5.57. The SMILES string of the molecule is CCCCOc1ccc(CCNC(=NC)NCCCOCC)cc1. The average molecular weight is 335 g/mol. The first-order valence-corrected chi connectivity index (χ1v) is 9.04. The summed E-state index contributed by atoms with van der Waals surface area (Å²) in [7, 11) is 1.79. The summed E-state index contributed by atoms with van der Waals surface area (Å²) in [4.78, 5) is 4.23. The first-order chi connectivity index (χ1) is 11.8. The average Bonchev–Trinajstić information content (AvgIpc) is 2.61. The van der Waals surface area contributed by atoms with E-state index in [2.05, 4.69) is 34.7 Å². The van der Waals surface area contributed by atoms with Gasteiger partial charge in [0.15, 0.2) is 5.96 Å². The molecule has 0 radical (unpaired) electrons. The lowest BCUT2D eigenvalue weighted by Crippen LogP contribution is -2.39. The van der Waals surface area contributed by atoms with Crippen molar-refractivity contribution in [2.24, 2.45) is 4.99 Å². The highest BCUT2D eigenvalue weighted by Gasteiger charge is 1.99. The normalized spacial score (nSPS) is 11.4. The number of hydrogen-bond donors (Lipinski definition) is 2. The fourth-order valence-corrected chi connectivity index (χ4v) is 2.16. The molecule has 0 aliphatic heterocycles. The van der Waals surface area contributed by atoms with Gasteiger partial charge in [0.25, 0.3) is 0 Å². The summed E-state index contributed by atoms with van der Waals surface area (Å²) in [5, 5.41) is 6.62. The minimum atomic E-state index is 0.773. The molecule has 0 unspecified atom stereocenters. The number of nitrogens with one attached hydrogen (secondary N) is 2. The summed E-state index contributed by atoms with van der Waals surface area (Å²) >= 11 is 0. The van der Waals surface area contributed by atoms with Gasteiger partial charge in [-0.3, -0.25) is 4.99 Å². The summed E-state index contributed by atoms with van der Waals surface area (Å²) in [6.45, 7) is 8.24. The quantitative estimate of drug-likeness (QED) is 0.350. The first kappa shape index (κ1) is 20.3. The zero-order chi connectivity index (χ0) is 17.5. The zero-order valence-electron chi connectivity index (χ0n) is 15.4. The van der Waals surface area contributed by atoms with E-state index in [1.807, 2.05) is 19.1 Å². The highest BCUT2D eigenvalue weighted by atomic mass is 16.5. The predicted molar refractivity (Wildman–Crippen MR) is 101 cm³/mol. The first-order valence-electron chi connectivity index (χ1n) is 9.04. The maximum Gasteiger partial charge on any atom is 0.190 e. The molecule has 0 heterocycles. The third-order valence-corrected chi connectivity index (χ3v) is 3.58. The van der Waals surface area contributed by atoms with Gasteiger partial charge in [-0.15, -0.1) is 0 Å². The van der Waals surface area contributed by atoms with Gasteiger partial charge in [0.05, 0.1) is 6.61 Å². The molecule has 1 rings (SSSR count). The summed E-state index contributed by atoms with van der Waals surface area (Å²) in [6.07, 6.45) is 4.19. The molecular formula is C19H33N3O2. The number of rotatable bonds is 12. The van der Waals surface area contributed by atoms with E-state index in [1.54, 1.807) is 7.05 Å². The lowest BCUT2D eigenvalue weighted by molar-refractivity contribution is 0.145. The number of ether oxygens (including phenoxy) is 2. The third kappa shape index (κ3) is 9.40. The standard InChI is InChI=1S/C19H33N3O2/c1-4-6-16-24-18-10-8-17(9-11-18)12-14-22-19(20-3)21-13-7-15-23-5-2/h8-11H,4-7,12-16H2,1-3H3,(H2,20,21,22). The van der Waals surface area contributed by atoms with Crippen molar-refractivity contribution in [1.29, 1.82) is 0 Å². The van der Waals surface area contributed by atoms with E-state index in [0.717, 1.165) is 70.3 Å². The van der Waals surface area contributed by atoms with E-state index in [4.69, 9.17) is 9.47 Å². The monoisotopic (exact) mass is 335 g/mol. The maximum atomic E-state index is 5.68. The van der Waals surface area contributed by atoms with Crippen LogP contribution in [0.4, 0.5) is 0 Å². The lowest BCUT2D eigenvalue weighted by atomic mass is 10.1. The van der Waals surface area contributed by atoms with Crippen LogP contribution in [0.3, 0.4) is 0 Å². The number of aliphatic imine (C=N–C) groups is 1. The molecule has 0 amide bonds. The number of nitrogens with zero attached hydrogens (tertiary/aromatic N) is 1. The van der Waals surface area contributed by atoms with Crippen LogP contribution >= 0.6 is 0 Å². The fraction of sp³-hybridized carbons (Fsp3) is 0.632. The molecule has 0 saturated heterocycles. The van der Waals surface area contributed by atoms with Crippen molar-refractivity contribution in [2.75, 3.05) is 40.0 Å². The van der Waals surface area contributed by atoms with Crippen molar-refractivity contribution in [3.63, 3.8) is 0 Å². The van der Waals surface area contributed by atoms with Crippen molar-refractivity contribution >= 4 is 5.96 Å². The molecule has 0 atom stereocenters. The second kappa shape index (κ2) is 13.7. The van der Waals surface area contributed by atoms with Gasteiger partial charge in [-0.2, -0.15) is 0 Å². The summed E-state index contributed by atoms with van der Waals surface area (Å²) < 4.78 is 11.0. The van der Waals surface area contributed by atoms with Crippen molar-refractivity contribution in [2.45, 2.75) is 39.5 Å². The molecule has 0 spiro atoms. The molecule has 0 bridgehead atoms. The van der Waals surface area contributed by atoms with Gasteiger partial charge in [0.1, 0.15) is 5.75 Å². The van der Waals surface area contributed by atoms with Crippen LogP contribution in [0.15, 0.2) is 29.3 Å². The largest absolute Gasteiger partial charge is 0.494 e. The molecule has 1 aromatic carbocycles. The van der Waals surface area contributed by atoms with E-state index in [9.17, 15) is 0 Å². The molecule has 0 aliphatic rings. The lowest BCUT2D eigenvalue weighted by Gasteiger charge is -2.12. The fourth-order valence-electron chi connectivity index (χ4n) is 2.16. The molecule has 0 aromatic heterocycles. The Morgan fingerprint density at radius 2 is 1.75 bits per heavy atom. The highest BCUT2D eigenvalue weighted by Crippen LogP contribution is 2.12. The molecule has 5 heteroatoms. The van der Waals surface area contributed by atoms with Crippen LogP contribution < -0.4 is 15.4 Å². The van der Waals surface area contributed by atoms with Crippen molar-refractivity contribution in [3.05, 3.63) is 29.8 Å². The Bertz CT molecular complexity index is 446. The molecule has 1 aromatic rings. The van der Waals surface area contributed by atoms with Crippen molar-refractivity contribution in [3.8, 4) is 5.75 Å². The van der Waals surface area contributed by atoms with E-state index in [-0.39, 0.29) is 0 Å². The molecule has 24 heavy (non-hydrogen) atoms. The van der Waals surface area contributed by atoms with E-state index < -0.39 is 0 Å². The molecule has 5 nitrogen and oxygen atoms in total. The van der Waals surface area contributed by atoms with Gasteiger partial charge in [0.2, 0.25) is 0 Å². The third-order valence-electron chi connectivity index (χ3n) is 3.58. The van der Waals surface area contributed by atoms with Gasteiger partial charge >= 0.3 is 0 Å². The van der Waals surface area contributed by atoms with Gasteiger partial charge in [-0.1, -0.05) is 25.5 Å². The Hall–Kier alpha value is -1.75. The smallest absolute Gasteiger partial charge is 0.190 e. The summed E-state index contributed by atoms with van der Waals surface area (Å²) in [5.74, 6) is 1.79. The Kier molecular flexibility index (Phi) is 11.6. The molecule has 2 N–H and O–H groups in total. The minimum Gasteiger partial charge on any atom is -0.494 e. The number of benzene rings is 1. The van der Waals surface area contributed by atoms with Gasteiger partial charge in [0, 0.05) is 33.4 Å². The number of guanidine groups is 1. The molecule has 136 valence electrons. The van der Waals surface area contributed by atoms with Crippen LogP contribution in [0.1, 0.15) is 38.7 Å². The van der Waals surface area contributed by atoms with Crippen molar-refractivity contribution in [1.82, 2.24) is 10.6 Å². The van der Waals surface area contributed by atoms with Crippen molar-refractivity contribution < 1.29 is 9.47 Å². The van der Waals surface area contributed by atoms with E-state index in [1.165, 1.54) is 5.56 Å². The summed E-state index contributed by atoms with van der Waals surface area (Å²) in [6, 6.07) is 8.35. The topological polar surface area (TPSA) is 54.9 Å². The number of unbranched alkanes of at least 4 members (excludes halogenated alkanes) is 1. The zero-order valence-corrected chi connectivity index (χ0v) is 15.4. The maximum absolute atomic E-state index is 5.68. The Balaban J connectivity index is 2.20. The molecule has 0 saturated carbocycles. The van der Waals surface area contributed by atoms with E-state index in [0.29, 0.717) is 0 Å². The van der Waals surface area contributed by atoms with E-state index >= 15 is 0 Å². The van der Waals surface area contributed by atoms with Crippen LogP contribution in [-0.2, 0) is 11.2 Å². The minimum absolute atomic E-state index is 0.773. The predicted octanol–water partition coefficient (Wildman–Crippen LogP) is 3.00. The van der Waals surface area contributed by atoms with Gasteiger partial charge in [-0.25, -0.2) is 0 Å².